The minimum Gasteiger partial charge on any atom is -0.298 e. The van der Waals surface area contributed by atoms with Crippen LogP contribution in [0.3, 0.4) is 0 Å². The van der Waals surface area contributed by atoms with Gasteiger partial charge in [-0.15, -0.1) is 0 Å². The van der Waals surface area contributed by atoms with Crippen molar-refractivity contribution in [1.29, 1.82) is 0 Å². The zero-order valence-electron chi connectivity index (χ0n) is 4.80. The van der Waals surface area contributed by atoms with Crippen molar-refractivity contribution in [2.24, 2.45) is 0 Å². The van der Waals surface area contributed by atoms with Crippen LogP contribution >= 0.6 is 0 Å². The first-order valence-electron chi connectivity index (χ1n) is 2.67. The van der Waals surface area contributed by atoms with Gasteiger partial charge in [-0.2, -0.15) is 0 Å². The third-order valence-electron chi connectivity index (χ3n) is 1.14. The molecule has 0 atom stereocenters. The van der Waals surface area contributed by atoms with Crippen molar-refractivity contribution in [3.05, 3.63) is 30.0 Å². The van der Waals surface area contributed by atoms with Gasteiger partial charge in [0.15, 0.2) is 0 Å². The average Bonchev–Trinajstić information content (AvgIpc) is 1.90. The molecule has 0 saturated carbocycles. The summed E-state index contributed by atoms with van der Waals surface area (Å²) in [5.41, 5.74) is 0.622. The Hall–Kier alpha value is -0.920. The Labute approximate surface area is 52.9 Å². The van der Waals surface area contributed by atoms with E-state index in [4.69, 9.17) is 0 Å². The molecule has 0 aliphatic heterocycles. The van der Waals surface area contributed by atoms with Gasteiger partial charge in [0.1, 0.15) is 12.1 Å². The Bertz CT molecular complexity index is 179. The molecule has 0 aromatic heterocycles. The van der Waals surface area contributed by atoms with E-state index in [0.29, 0.717) is 12.0 Å². The van der Waals surface area contributed by atoms with E-state index in [2.05, 4.69) is 0 Å². The number of aldehydes is 1. The summed E-state index contributed by atoms with van der Waals surface area (Å²) in [4.78, 5) is 10.0. The molecule has 0 saturated heterocycles. The van der Waals surface area contributed by atoms with Crippen LogP contribution in [-0.2, 0) is 4.79 Å². The molecule has 0 bridgehead atoms. The fourth-order valence-electron chi connectivity index (χ4n) is 0.625. The number of halogens is 1. The average molecular weight is 125 g/mol. The fraction of sp³-hybridized carbons (Fsp3) is 0.143. The van der Waals surface area contributed by atoms with Crippen molar-refractivity contribution in [3.8, 4) is 0 Å². The van der Waals surface area contributed by atoms with Gasteiger partial charge in [-0.25, -0.2) is 4.39 Å². The molecule has 0 N–H and O–H groups in total. The van der Waals surface area contributed by atoms with Crippen molar-refractivity contribution >= 4 is 6.29 Å². The van der Waals surface area contributed by atoms with Crippen LogP contribution in [0.25, 0.3) is 0 Å². The molecule has 47 valence electrons. The highest BCUT2D eigenvalue weighted by atomic mass is 19.1. The molecule has 2 heteroatoms. The smallest absolute Gasteiger partial charge is 0.146 e. The monoisotopic (exact) mass is 125 g/mol. The van der Waals surface area contributed by atoms with Gasteiger partial charge in [-0.05, 0) is 18.1 Å². The molecule has 0 fully saturated rings. The van der Waals surface area contributed by atoms with Gasteiger partial charge < -0.3 is 0 Å². The molecular formula is C7H6FO. The normalized spacial score (nSPS) is 18.3. The fourth-order valence-corrected chi connectivity index (χ4v) is 0.625. The van der Waals surface area contributed by atoms with Crippen molar-refractivity contribution in [2.45, 2.75) is 6.42 Å². The molecular weight excluding hydrogens is 119 g/mol. The number of allylic oxidation sites excluding steroid dienone is 4. The lowest BCUT2D eigenvalue weighted by Gasteiger charge is -2.01. The predicted octanol–water partition coefficient (Wildman–Crippen LogP) is 1.57. The van der Waals surface area contributed by atoms with Crippen molar-refractivity contribution in [1.82, 2.24) is 0 Å². The summed E-state index contributed by atoms with van der Waals surface area (Å²) < 4.78 is 12.1. The zero-order valence-corrected chi connectivity index (χ0v) is 4.80. The van der Waals surface area contributed by atoms with Crippen molar-refractivity contribution in [3.63, 3.8) is 0 Å². The molecule has 0 amide bonds. The molecule has 1 aliphatic rings. The summed E-state index contributed by atoms with van der Waals surface area (Å²) in [5.74, 6) is -0.263. The van der Waals surface area contributed by atoms with E-state index in [1.807, 2.05) is 0 Å². The third-order valence-corrected chi connectivity index (χ3v) is 1.14. The number of rotatable bonds is 1. The van der Waals surface area contributed by atoms with Crippen LogP contribution in [-0.4, -0.2) is 6.29 Å². The van der Waals surface area contributed by atoms with Crippen LogP contribution in [0.1, 0.15) is 6.42 Å². The van der Waals surface area contributed by atoms with Gasteiger partial charge in [-0.3, -0.25) is 4.79 Å². The van der Waals surface area contributed by atoms with Crippen LogP contribution in [0.4, 0.5) is 4.39 Å². The van der Waals surface area contributed by atoms with E-state index >= 15 is 0 Å². The summed E-state index contributed by atoms with van der Waals surface area (Å²) in [6.45, 7) is 0. The molecule has 9 heavy (non-hydrogen) atoms. The summed E-state index contributed by atoms with van der Waals surface area (Å²) in [6, 6.07) is 0. The van der Waals surface area contributed by atoms with Gasteiger partial charge in [0, 0.05) is 6.42 Å². The van der Waals surface area contributed by atoms with E-state index < -0.39 is 0 Å². The van der Waals surface area contributed by atoms with E-state index in [-0.39, 0.29) is 5.83 Å². The topological polar surface area (TPSA) is 17.1 Å². The molecule has 0 aromatic rings. The van der Waals surface area contributed by atoms with Crippen molar-refractivity contribution < 1.29 is 9.18 Å². The molecule has 0 unspecified atom stereocenters. The largest absolute Gasteiger partial charge is 0.298 e. The number of hydrogen-bond acceptors (Lipinski definition) is 1. The highest BCUT2D eigenvalue weighted by Gasteiger charge is 2.03. The number of carbonyl (C=O) groups is 1. The second-order valence-corrected chi connectivity index (χ2v) is 1.82. The van der Waals surface area contributed by atoms with Gasteiger partial charge in [-0.1, -0.05) is 6.08 Å². The van der Waals surface area contributed by atoms with E-state index in [1.54, 1.807) is 0 Å². The van der Waals surface area contributed by atoms with Crippen LogP contribution in [0.15, 0.2) is 23.6 Å². The molecule has 1 nitrogen and oxygen atoms in total. The van der Waals surface area contributed by atoms with Crippen LogP contribution in [0.2, 0.25) is 0 Å². The number of hydrogen-bond donors (Lipinski definition) is 0. The zero-order chi connectivity index (χ0) is 6.69. The van der Waals surface area contributed by atoms with Crippen LogP contribution < -0.4 is 0 Å². The minimum absolute atomic E-state index is 0.263. The first-order chi connectivity index (χ1) is 4.33. The third kappa shape index (κ3) is 1.49. The first-order valence-corrected chi connectivity index (χ1v) is 2.67. The molecule has 0 heterocycles. The Balaban J connectivity index is 2.69. The van der Waals surface area contributed by atoms with E-state index in [0.717, 1.165) is 6.29 Å². The first kappa shape index (κ1) is 6.20. The van der Waals surface area contributed by atoms with Crippen molar-refractivity contribution in [2.75, 3.05) is 0 Å². The Morgan fingerprint density at radius 2 is 2.33 bits per heavy atom. The predicted molar refractivity (Wildman–Crippen MR) is 32.3 cm³/mol. The Kier molecular flexibility index (Phi) is 1.78. The lowest BCUT2D eigenvalue weighted by Crippen LogP contribution is -1.91. The summed E-state index contributed by atoms with van der Waals surface area (Å²) in [5, 5.41) is 0. The molecule has 0 aromatic carbocycles. The standard InChI is InChI=1S/C7H6FO/c8-7-3-1-6(5-9)2-4-7/h1,3-5H,2H2. The minimum atomic E-state index is -0.263. The summed E-state index contributed by atoms with van der Waals surface area (Å²) in [6.07, 6.45) is 5.31. The van der Waals surface area contributed by atoms with Gasteiger partial charge in [0.05, 0.1) is 0 Å². The summed E-state index contributed by atoms with van der Waals surface area (Å²) in [7, 11) is 0. The maximum absolute atomic E-state index is 12.1. The number of carbonyl (C=O) groups excluding carboxylic acids is 1. The highest BCUT2D eigenvalue weighted by molar-refractivity contribution is 5.75. The van der Waals surface area contributed by atoms with Gasteiger partial charge in [0.25, 0.3) is 0 Å². The molecule has 1 aliphatic carbocycles. The Morgan fingerprint density at radius 3 is 2.78 bits per heavy atom. The lowest BCUT2D eigenvalue weighted by atomic mass is 10.1. The highest BCUT2D eigenvalue weighted by Crippen LogP contribution is 2.15. The maximum Gasteiger partial charge on any atom is 0.146 e. The summed E-state index contributed by atoms with van der Waals surface area (Å²) >= 11 is 0. The SMILES string of the molecule is O=CC1=CC=C(F)[CH]C1. The van der Waals surface area contributed by atoms with Crippen LogP contribution in [0.5, 0.6) is 0 Å². The van der Waals surface area contributed by atoms with Crippen LogP contribution in [0, 0.1) is 6.42 Å². The van der Waals surface area contributed by atoms with E-state index in [1.165, 1.54) is 18.6 Å². The molecule has 0 spiro atoms. The maximum atomic E-state index is 12.1. The molecule has 1 rings (SSSR count). The Morgan fingerprint density at radius 1 is 1.56 bits per heavy atom. The van der Waals surface area contributed by atoms with Gasteiger partial charge in [0.2, 0.25) is 0 Å². The second-order valence-electron chi connectivity index (χ2n) is 1.82. The van der Waals surface area contributed by atoms with E-state index in [9.17, 15) is 9.18 Å². The van der Waals surface area contributed by atoms with Gasteiger partial charge >= 0.3 is 0 Å². The lowest BCUT2D eigenvalue weighted by molar-refractivity contribution is -0.105. The second kappa shape index (κ2) is 2.58. The quantitative estimate of drug-likeness (QED) is 0.486. The molecule has 1 radical (unpaired) electrons.